The highest BCUT2D eigenvalue weighted by molar-refractivity contribution is 5.99. The third-order valence-corrected chi connectivity index (χ3v) is 6.51. The largest absolute Gasteiger partial charge is 0.450 e. The molecule has 4 rings (SSSR count). The lowest BCUT2D eigenvalue weighted by Crippen LogP contribution is -2.33. The number of aryl methyl sites for hydroxylation is 2. The van der Waals surface area contributed by atoms with Crippen molar-refractivity contribution in [2.24, 2.45) is 0 Å². The molecule has 3 aromatic rings. The second kappa shape index (κ2) is 8.87. The summed E-state index contributed by atoms with van der Waals surface area (Å²) in [5.41, 5.74) is 3.04. The molecule has 1 aliphatic rings. The van der Waals surface area contributed by atoms with Crippen LogP contribution in [-0.4, -0.2) is 41.9 Å². The molecule has 0 radical (unpaired) electrons. The Labute approximate surface area is 187 Å². The Morgan fingerprint density at radius 1 is 1.06 bits per heavy atom. The van der Waals surface area contributed by atoms with Crippen molar-refractivity contribution >= 4 is 16.9 Å². The van der Waals surface area contributed by atoms with Crippen LogP contribution in [0.4, 0.5) is 4.39 Å². The number of halogens is 1. The van der Waals surface area contributed by atoms with E-state index in [2.05, 4.69) is 18.7 Å². The Balaban J connectivity index is 1.83. The summed E-state index contributed by atoms with van der Waals surface area (Å²) in [5, 5.41) is 0.450. The van der Waals surface area contributed by atoms with Crippen LogP contribution in [0.25, 0.3) is 11.0 Å². The summed E-state index contributed by atoms with van der Waals surface area (Å²) in [6.07, 6.45) is 0.749. The van der Waals surface area contributed by atoms with Gasteiger partial charge in [-0.25, -0.2) is 4.39 Å². The van der Waals surface area contributed by atoms with Crippen molar-refractivity contribution in [1.29, 1.82) is 0 Å². The summed E-state index contributed by atoms with van der Waals surface area (Å²) >= 11 is 0. The standard InChI is InChI=1S/C26H29FN2O3/c1-5-28(6-2)11-8-12-29-23(18-9-7-10-19(27)15-18)22-24(30)20-13-16(3)17(4)14-21(20)32-25(22)26(29)31/h7,9-10,13-15,23H,5-6,8,11-12H2,1-4H3. The number of benzene rings is 2. The fourth-order valence-electron chi connectivity index (χ4n) is 4.53. The summed E-state index contributed by atoms with van der Waals surface area (Å²) < 4.78 is 20.1. The fourth-order valence-corrected chi connectivity index (χ4v) is 4.53. The third kappa shape index (κ3) is 3.84. The number of fused-ring (bicyclic) bond motifs is 2. The first-order valence-electron chi connectivity index (χ1n) is 11.2. The first-order chi connectivity index (χ1) is 15.3. The maximum absolute atomic E-state index is 14.1. The molecule has 1 aromatic heterocycles. The Kier molecular flexibility index (Phi) is 6.15. The van der Waals surface area contributed by atoms with Crippen LogP contribution < -0.4 is 5.43 Å². The van der Waals surface area contributed by atoms with Gasteiger partial charge in [-0.15, -0.1) is 0 Å². The molecule has 5 nitrogen and oxygen atoms in total. The number of carbonyl (C=O) groups is 1. The topological polar surface area (TPSA) is 53.8 Å². The van der Waals surface area contributed by atoms with E-state index in [1.54, 1.807) is 23.1 Å². The van der Waals surface area contributed by atoms with Crippen molar-refractivity contribution < 1.29 is 13.6 Å². The molecule has 0 N–H and O–H groups in total. The Morgan fingerprint density at radius 2 is 1.78 bits per heavy atom. The van der Waals surface area contributed by atoms with E-state index in [-0.39, 0.29) is 17.1 Å². The highest BCUT2D eigenvalue weighted by Crippen LogP contribution is 2.38. The first-order valence-corrected chi connectivity index (χ1v) is 11.2. The van der Waals surface area contributed by atoms with E-state index >= 15 is 0 Å². The number of carbonyl (C=O) groups excluding carboxylic acids is 1. The minimum absolute atomic E-state index is 0.0721. The molecule has 0 saturated carbocycles. The Morgan fingerprint density at radius 3 is 2.47 bits per heavy atom. The van der Waals surface area contributed by atoms with Crippen molar-refractivity contribution in [3.05, 3.63) is 80.5 Å². The van der Waals surface area contributed by atoms with E-state index in [9.17, 15) is 14.0 Å². The maximum Gasteiger partial charge on any atom is 0.290 e. The summed E-state index contributed by atoms with van der Waals surface area (Å²) in [6, 6.07) is 9.09. The molecular weight excluding hydrogens is 407 g/mol. The second-order valence-electron chi connectivity index (χ2n) is 8.44. The van der Waals surface area contributed by atoms with Crippen LogP contribution in [0.5, 0.6) is 0 Å². The van der Waals surface area contributed by atoms with Gasteiger partial charge in [0.25, 0.3) is 5.91 Å². The summed E-state index contributed by atoms with van der Waals surface area (Å²) in [5.74, 6) is -0.642. The molecule has 2 heterocycles. The summed E-state index contributed by atoms with van der Waals surface area (Å²) in [7, 11) is 0. The zero-order valence-corrected chi connectivity index (χ0v) is 19.1. The fraction of sp³-hybridized carbons (Fsp3) is 0.385. The number of amides is 1. The lowest BCUT2D eigenvalue weighted by Gasteiger charge is -2.26. The highest BCUT2D eigenvalue weighted by atomic mass is 19.1. The van der Waals surface area contributed by atoms with Gasteiger partial charge in [-0.1, -0.05) is 26.0 Å². The van der Waals surface area contributed by atoms with Gasteiger partial charge in [-0.05, 0) is 80.9 Å². The van der Waals surface area contributed by atoms with Crippen LogP contribution in [0.1, 0.15) is 59.1 Å². The third-order valence-electron chi connectivity index (χ3n) is 6.51. The summed E-state index contributed by atoms with van der Waals surface area (Å²) in [4.78, 5) is 30.9. The van der Waals surface area contributed by atoms with Crippen LogP contribution in [0.2, 0.25) is 0 Å². The number of hydrogen-bond donors (Lipinski definition) is 0. The molecule has 168 valence electrons. The molecule has 1 aliphatic heterocycles. The molecule has 1 amide bonds. The van der Waals surface area contributed by atoms with E-state index in [0.29, 0.717) is 28.6 Å². The lowest BCUT2D eigenvalue weighted by atomic mass is 9.97. The molecule has 1 unspecified atom stereocenters. The molecule has 32 heavy (non-hydrogen) atoms. The minimum atomic E-state index is -0.660. The van der Waals surface area contributed by atoms with Gasteiger partial charge in [0.15, 0.2) is 5.43 Å². The molecule has 0 bridgehead atoms. The number of nitrogens with zero attached hydrogens (tertiary/aromatic N) is 2. The Bertz CT molecular complexity index is 1230. The van der Waals surface area contributed by atoms with E-state index in [1.807, 2.05) is 19.9 Å². The normalized spacial score (nSPS) is 15.8. The molecule has 0 saturated heterocycles. The molecule has 6 heteroatoms. The predicted octanol–water partition coefficient (Wildman–Crippen LogP) is 4.83. The SMILES string of the molecule is CCN(CC)CCCN1C(=O)c2oc3cc(C)c(C)cc3c(=O)c2C1c1cccc(F)c1. The second-order valence-corrected chi connectivity index (χ2v) is 8.44. The zero-order valence-electron chi connectivity index (χ0n) is 19.1. The van der Waals surface area contributed by atoms with Gasteiger partial charge >= 0.3 is 0 Å². The van der Waals surface area contributed by atoms with Crippen LogP contribution in [0, 0.1) is 19.7 Å². The summed E-state index contributed by atoms with van der Waals surface area (Å²) in [6.45, 7) is 11.3. The van der Waals surface area contributed by atoms with Gasteiger partial charge in [0, 0.05) is 6.54 Å². The van der Waals surface area contributed by atoms with Crippen LogP contribution in [0.15, 0.2) is 45.6 Å². The van der Waals surface area contributed by atoms with E-state index in [1.165, 1.54) is 12.1 Å². The predicted molar refractivity (Wildman–Crippen MR) is 124 cm³/mol. The van der Waals surface area contributed by atoms with Crippen LogP contribution in [-0.2, 0) is 0 Å². The lowest BCUT2D eigenvalue weighted by molar-refractivity contribution is 0.0720. The quantitative estimate of drug-likeness (QED) is 0.533. The number of rotatable bonds is 7. The van der Waals surface area contributed by atoms with Gasteiger partial charge in [0.05, 0.1) is 17.0 Å². The minimum Gasteiger partial charge on any atom is -0.450 e. The molecule has 0 fully saturated rings. The highest BCUT2D eigenvalue weighted by Gasteiger charge is 2.42. The van der Waals surface area contributed by atoms with Gasteiger partial charge in [-0.2, -0.15) is 0 Å². The molecule has 1 atom stereocenters. The van der Waals surface area contributed by atoms with Crippen molar-refractivity contribution in [1.82, 2.24) is 9.80 Å². The van der Waals surface area contributed by atoms with Crippen LogP contribution >= 0.6 is 0 Å². The first kappa shape index (κ1) is 22.2. The monoisotopic (exact) mass is 436 g/mol. The van der Waals surface area contributed by atoms with Crippen molar-refractivity contribution in [3.63, 3.8) is 0 Å². The average molecular weight is 437 g/mol. The zero-order chi connectivity index (χ0) is 23.0. The van der Waals surface area contributed by atoms with Gasteiger partial charge in [0.2, 0.25) is 5.76 Å². The van der Waals surface area contributed by atoms with Gasteiger partial charge in [0.1, 0.15) is 11.4 Å². The van der Waals surface area contributed by atoms with E-state index in [4.69, 9.17) is 4.42 Å². The molecule has 2 aromatic carbocycles. The van der Waals surface area contributed by atoms with E-state index in [0.717, 1.165) is 37.2 Å². The van der Waals surface area contributed by atoms with Crippen molar-refractivity contribution in [2.75, 3.05) is 26.2 Å². The van der Waals surface area contributed by atoms with Gasteiger partial charge < -0.3 is 14.2 Å². The van der Waals surface area contributed by atoms with Crippen molar-refractivity contribution in [2.45, 2.75) is 40.2 Å². The number of hydrogen-bond acceptors (Lipinski definition) is 4. The van der Waals surface area contributed by atoms with Crippen molar-refractivity contribution in [3.8, 4) is 0 Å². The Hall–Kier alpha value is -2.99. The van der Waals surface area contributed by atoms with Gasteiger partial charge in [-0.3, -0.25) is 9.59 Å². The molecular formula is C26H29FN2O3. The molecule has 0 spiro atoms. The maximum atomic E-state index is 14.1. The smallest absolute Gasteiger partial charge is 0.290 e. The van der Waals surface area contributed by atoms with E-state index < -0.39 is 11.9 Å². The van der Waals surface area contributed by atoms with Crippen LogP contribution in [0.3, 0.4) is 0 Å². The average Bonchev–Trinajstić information content (AvgIpc) is 3.05. The molecule has 0 aliphatic carbocycles.